The van der Waals surface area contributed by atoms with Crippen LogP contribution in [0.5, 0.6) is 0 Å². The molecule has 0 aliphatic heterocycles. The van der Waals surface area contributed by atoms with E-state index in [2.05, 4.69) is 146 Å². The minimum atomic E-state index is -0.220. The first-order valence-electron chi connectivity index (χ1n) is 15.5. The summed E-state index contributed by atoms with van der Waals surface area (Å²) >= 11 is 0. The fraction of sp³-hybridized carbons (Fsp3) is 0.0698. The molecule has 1 nitrogen and oxygen atoms in total. The van der Waals surface area contributed by atoms with Crippen LogP contribution < -0.4 is 4.90 Å². The lowest BCUT2D eigenvalue weighted by atomic mass is 9.80. The van der Waals surface area contributed by atoms with Gasteiger partial charge >= 0.3 is 0 Å². The normalized spacial score (nSPS) is 13.4. The maximum atomic E-state index is 14.2. The fourth-order valence-corrected chi connectivity index (χ4v) is 7.58. The second kappa shape index (κ2) is 9.51. The Labute approximate surface area is 261 Å². The molecule has 0 unspecified atom stereocenters. The predicted molar refractivity (Wildman–Crippen MR) is 189 cm³/mol. The van der Waals surface area contributed by atoms with Crippen molar-refractivity contribution in [2.75, 3.05) is 4.90 Å². The Morgan fingerprint density at radius 1 is 0.444 bits per heavy atom. The summed E-state index contributed by atoms with van der Waals surface area (Å²) < 4.78 is 14.2. The lowest BCUT2D eigenvalue weighted by molar-refractivity contribution is 0.629. The van der Waals surface area contributed by atoms with E-state index in [4.69, 9.17) is 0 Å². The maximum absolute atomic E-state index is 14.2. The predicted octanol–water partition coefficient (Wildman–Crippen LogP) is 12.2. The minimum absolute atomic E-state index is 0.198. The number of rotatable bonds is 3. The van der Waals surface area contributed by atoms with Crippen molar-refractivity contribution in [2.45, 2.75) is 19.3 Å². The molecule has 0 radical (unpaired) electrons. The van der Waals surface area contributed by atoms with Gasteiger partial charge in [0.2, 0.25) is 0 Å². The van der Waals surface area contributed by atoms with Crippen molar-refractivity contribution >= 4 is 60.2 Å². The van der Waals surface area contributed by atoms with Gasteiger partial charge in [0.05, 0.1) is 0 Å². The molecule has 0 bridgehead atoms. The van der Waals surface area contributed by atoms with Gasteiger partial charge < -0.3 is 4.90 Å². The first-order chi connectivity index (χ1) is 21.9. The van der Waals surface area contributed by atoms with Gasteiger partial charge in [-0.15, -0.1) is 0 Å². The van der Waals surface area contributed by atoms with Gasteiger partial charge in [-0.05, 0) is 126 Å². The highest BCUT2D eigenvalue weighted by Crippen LogP contribution is 2.53. The van der Waals surface area contributed by atoms with Crippen LogP contribution in [-0.4, -0.2) is 0 Å². The van der Waals surface area contributed by atoms with Crippen molar-refractivity contribution in [3.63, 3.8) is 0 Å². The lowest BCUT2D eigenvalue weighted by Crippen LogP contribution is -2.15. The number of halogens is 1. The zero-order valence-electron chi connectivity index (χ0n) is 25.2. The third-order valence-corrected chi connectivity index (χ3v) is 9.77. The van der Waals surface area contributed by atoms with Crippen LogP contribution in [0.25, 0.3) is 54.2 Å². The van der Waals surface area contributed by atoms with Crippen molar-refractivity contribution in [1.82, 2.24) is 0 Å². The second-order valence-corrected chi connectivity index (χ2v) is 12.8. The highest BCUT2D eigenvalue weighted by molar-refractivity contribution is 6.02. The highest BCUT2D eigenvalue weighted by atomic mass is 19.1. The number of fused-ring (bicyclic) bond motifs is 8. The van der Waals surface area contributed by atoms with Crippen LogP contribution in [0.15, 0.2) is 146 Å². The average Bonchev–Trinajstić information content (AvgIpc) is 3.29. The summed E-state index contributed by atoms with van der Waals surface area (Å²) in [4.78, 5) is 2.37. The SMILES string of the molecule is CC1(C)c2cc3cc(F)ccc3cc2-c2ccc3cc(N(c4ccc5ccccc5c4)c4ccc5ccccc5c4)ccc3c21. The van der Waals surface area contributed by atoms with E-state index >= 15 is 0 Å². The average molecular weight is 580 g/mol. The molecule has 8 aromatic carbocycles. The van der Waals surface area contributed by atoms with Gasteiger partial charge in [-0.3, -0.25) is 0 Å². The molecule has 2 heteroatoms. The van der Waals surface area contributed by atoms with Crippen molar-refractivity contribution in [3.8, 4) is 11.1 Å². The van der Waals surface area contributed by atoms with Crippen LogP contribution in [0.1, 0.15) is 25.0 Å². The van der Waals surface area contributed by atoms with Crippen molar-refractivity contribution < 1.29 is 4.39 Å². The maximum Gasteiger partial charge on any atom is 0.123 e. The molecule has 0 atom stereocenters. The number of hydrogen-bond donors (Lipinski definition) is 0. The van der Waals surface area contributed by atoms with Crippen molar-refractivity contribution in [1.29, 1.82) is 0 Å². The van der Waals surface area contributed by atoms with E-state index in [0.717, 1.165) is 27.8 Å². The number of benzene rings is 8. The molecule has 0 saturated heterocycles. The number of anilines is 3. The Morgan fingerprint density at radius 2 is 0.978 bits per heavy atom. The van der Waals surface area contributed by atoms with Crippen LogP contribution in [0.3, 0.4) is 0 Å². The first kappa shape index (κ1) is 26.0. The highest BCUT2D eigenvalue weighted by Gasteiger charge is 2.37. The monoisotopic (exact) mass is 579 g/mol. The van der Waals surface area contributed by atoms with Gasteiger partial charge in [0, 0.05) is 22.5 Å². The summed E-state index contributed by atoms with van der Waals surface area (Å²) in [6.45, 7) is 4.60. The lowest BCUT2D eigenvalue weighted by Gasteiger charge is -2.27. The van der Waals surface area contributed by atoms with Gasteiger partial charge in [0.25, 0.3) is 0 Å². The van der Waals surface area contributed by atoms with E-state index in [1.165, 1.54) is 54.6 Å². The Bertz CT molecular complexity index is 2410. The second-order valence-electron chi connectivity index (χ2n) is 12.8. The smallest absolute Gasteiger partial charge is 0.123 e. The van der Waals surface area contributed by atoms with Crippen LogP contribution in [0.2, 0.25) is 0 Å². The molecule has 0 spiro atoms. The van der Waals surface area contributed by atoms with E-state index < -0.39 is 0 Å². The van der Waals surface area contributed by atoms with Crippen LogP contribution in [-0.2, 0) is 5.41 Å². The van der Waals surface area contributed by atoms with E-state index in [-0.39, 0.29) is 11.2 Å². The molecule has 0 heterocycles. The Hall–Kier alpha value is -5.47. The number of nitrogens with zero attached hydrogens (tertiary/aromatic N) is 1. The summed E-state index contributed by atoms with van der Waals surface area (Å²) in [7, 11) is 0. The Morgan fingerprint density at radius 3 is 1.64 bits per heavy atom. The third-order valence-electron chi connectivity index (χ3n) is 9.77. The molecule has 0 aromatic heterocycles. The topological polar surface area (TPSA) is 3.24 Å². The minimum Gasteiger partial charge on any atom is -0.310 e. The van der Waals surface area contributed by atoms with E-state index in [1.807, 2.05) is 6.07 Å². The van der Waals surface area contributed by atoms with E-state index in [0.29, 0.717) is 0 Å². The quantitative estimate of drug-likeness (QED) is 0.201. The Kier molecular flexibility index (Phi) is 5.49. The molecule has 214 valence electrons. The van der Waals surface area contributed by atoms with E-state index in [1.54, 1.807) is 12.1 Å². The van der Waals surface area contributed by atoms with Crippen molar-refractivity contribution in [2.24, 2.45) is 0 Å². The van der Waals surface area contributed by atoms with Crippen LogP contribution in [0, 0.1) is 5.82 Å². The molecule has 9 rings (SSSR count). The molecule has 1 aliphatic rings. The van der Waals surface area contributed by atoms with E-state index in [9.17, 15) is 4.39 Å². The molecule has 0 saturated carbocycles. The molecule has 0 amide bonds. The largest absolute Gasteiger partial charge is 0.310 e. The fourth-order valence-electron chi connectivity index (χ4n) is 7.58. The zero-order valence-corrected chi connectivity index (χ0v) is 25.2. The van der Waals surface area contributed by atoms with Crippen LogP contribution in [0.4, 0.5) is 21.5 Å². The molecular formula is C43H30FN. The summed E-state index contributed by atoms with van der Waals surface area (Å²) in [5, 5.41) is 9.35. The van der Waals surface area contributed by atoms with Gasteiger partial charge in [-0.2, -0.15) is 0 Å². The first-order valence-corrected chi connectivity index (χ1v) is 15.5. The van der Waals surface area contributed by atoms with Gasteiger partial charge in [0.15, 0.2) is 0 Å². The number of hydrogen-bond acceptors (Lipinski definition) is 1. The summed E-state index contributed by atoms with van der Waals surface area (Å²) in [5.41, 5.74) is 8.23. The summed E-state index contributed by atoms with van der Waals surface area (Å²) in [6, 6.07) is 51.4. The van der Waals surface area contributed by atoms with Gasteiger partial charge in [-0.25, -0.2) is 4.39 Å². The third kappa shape index (κ3) is 3.99. The van der Waals surface area contributed by atoms with Crippen molar-refractivity contribution in [3.05, 3.63) is 163 Å². The standard InChI is InChI=1S/C43H30FN/c1-43(2)41-26-33-21-34(44)15-11-31(33)25-40(41)39-19-14-32-24-37(18-20-38(32)42(39)43)45(35-16-12-27-7-3-5-9-29(27)22-35)36-17-13-28-8-4-6-10-30(28)23-36/h3-26H,1-2H3. The Balaban J connectivity index is 1.24. The van der Waals surface area contributed by atoms with Gasteiger partial charge in [-0.1, -0.05) is 98.8 Å². The molecule has 0 N–H and O–H groups in total. The molecular weight excluding hydrogens is 549 g/mol. The zero-order chi connectivity index (χ0) is 30.3. The van der Waals surface area contributed by atoms with Crippen LogP contribution >= 0.6 is 0 Å². The summed E-state index contributed by atoms with van der Waals surface area (Å²) in [5.74, 6) is -0.198. The molecule has 0 fully saturated rings. The summed E-state index contributed by atoms with van der Waals surface area (Å²) in [6.07, 6.45) is 0. The van der Waals surface area contributed by atoms with Gasteiger partial charge in [0.1, 0.15) is 5.82 Å². The molecule has 45 heavy (non-hydrogen) atoms. The molecule has 1 aliphatic carbocycles. The molecule has 8 aromatic rings.